The second-order valence-electron chi connectivity index (χ2n) is 1.91. The molecule has 1 heterocycles. The highest BCUT2D eigenvalue weighted by molar-refractivity contribution is 4.83. The predicted octanol–water partition coefficient (Wildman–Crippen LogP) is 1.15. The van der Waals surface area contributed by atoms with Gasteiger partial charge in [0.15, 0.2) is 0 Å². The predicted molar refractivity (Wildman–Crippen MR) is 39.3 cm³/mol. The van der Waals surface area contributed by atoms with Crippen LogP contribution in [0.25, 0.3) is 0 Å². The van der Waals surface area contributed by atoms with Crippen molar-refractivity contribution in [1.82, 2.24) is 5.32 Å². The molecule has 1 aliphatic heterocycles. The van der Waals surface area contributed by atoms with Gasteiger partial charge < -0.3 is 10.1 Å². The molecule has 0 aromatic rings. The van der Waals surface area contributed by atoms with E-state index in [9.17, 15) is 0 Å². The quantitative estimate of drug-likeness (QED) is 0.529. The molecule has 0 aromatic heterocycles. The molecular formula is C7H15NO. The maximum atomic E-state index is 4.25. The van der Waals surface area contributed by atoms with Gasteiger partial charge in [0.1, 0.15) is 0 Å². The van der Waals surface area contributed by atoms with Gasteiger partial charge in [-0.1, -0.05) is 6.08 Å². The SMILES string of the molecule is C1=CNCCC1.COC. The van der Waals surface area contributed by atoms with E-state index in [2.05, 4.69) is 16.1 Å². The number of hydrogen-bond donors (Lipinski definition) is 1. The maximum absolute atomic E-state index is 4.25. The highest BCUT2D eigenvalue weighted by Gasteiger charge is 1.84. The van der Waals surface area contributed by atoms with Gasteiger partial charge in [-0.2, -0.15) is 0 Å². The zero-order valence-corrected chi connectivity index (χ0v) is 6.18. The monoisotopic (exact) mass is 129 g/mol. The smallest absolute Gasteiger partial charge is 0.0351 e. The molecule has 9 heavy (non-hydrogen) atoms. The van der Waals surface area contributed by atoms with Gasteiger partial charge >= 0.3 is 0 Å². The molecule has 0 spiro atoms. The summed E-state index contributed by atoms with van der Waals surface area (Å²) in [6.45, 7) is 1.16. The van der Waals surface area contributed by atoms with E-state index >= 15 is 0 Å². The Labute approximate surface area is 56.9 Å². The number of methoxy groups -OCH3 is 1. The first-order valence-electron chi connectivity index (χ1n) is 3.20. The average Bonchev–Trinajstić information content (AvgIpc) is 1.93. The molecule has 2 nitrogen and oxygen atoms in total. The third kappa shape index (κ3) is 7.50. The lowest BCUT2D eigenvalue weighted by molar-refractivity contribution is 0.277. The zero-order chi connectivity index (χ0) is 6.95. The van der Waals surface area contributed by atoms with Crippen molar-refractivity contribution in [3.8, 4) is 0 Å². The summed E-state index contributed by atoms with van der Waals surface area (Å²) in [7, 11) is 3.25. The highest BCUT2D eigenvalue weighted by atomic mass is 16.4. The van der Waals surface area contributed by atoms with Crippen molar-refractivity contribution in [1.29, 1.82) is 0 Å². The van der Waals surface area contributed by atoms with E-state index in [1.807, 2.05) is 6.20 Å². The van der Waals surface area contributed by atoms with Crippen molar-refractivity contribution >= 4 is 0 Å². The Morgan fingerprint density at radius 1 is 1.44 bits per heavy atom. The number of allylic oxidation sites excluding steroid dienone is 1. The molecule has 0 saturated carbocycles. The molecule has 0 unspecified atom stereocenters. The lowest BCUT2D eigenvalue weighted by Gasteiger charge is -2.02. The molecule has 1 N–H and O–H groups in total. The minimum absolute atomic E-state index is 1.16. The summed E-state index contributed by atoms with van der Waals surface area (Å²) in [6, 6.07) is 0. The average molecular weight is 129 g/mol. The zero-order valence-electron chi connectivity index (χ0n) is 6.18. The molecule has 0 saturated heterocycles. The van der Waals surface area contributed by atoms with Crippen molar-refractivity contribution in [3.05, 3.63) is 12.3 Å². The van der Waals surface area contributed by atoms with E-state index < -0.39 is 0 Å². The molecule has 0 atom stereocenters. The lowest BCUT2D eigenvalue weighted by Crippen LogP contribution is -2.09. The molecule has 2 heteroatoms. The molecule has 0 aliphatic carbocycles. The van der Waals surface area contributed by atoms with Crippen molar-refractivity contribution < 1.29 is 4.74 Å². The van der Waals surface area contributed by atoms with Gasteiger partial charge in [-0.15, -0.1) is 0 Å². The van der Waals surface area contributed by atoms with Gasteiger partial charge in [0, 0.05) is 20.8 Å². The summed E-state index contributed by atoms with van der Waals surface area (Å²) in [5.41, 5.74) is 0. The van der Waals surface area contributed by atoms with Crippen LogP contribution in [0.5, 0.6) is 0 Å². The number of ether oxygens (including phenoxy) is 1. The van der Waals surface area contributed by atoms with Gasteiger partial charge in [0.05, 0.1) is 0 Å². The van der Waals surface area contributed by atoms with E-state index in [4.69, 9.17) is 0 Å². The van der Waals surface area contributed by atoms with Crippen molar-refractivity contribution in [2.24, 2.45) is 0 Å². The molecule has 54 valence electrons. The second kappa shape index (κ2) is 7.50. The fourth-order valence-corrected chi connectivity index (χ4v) is 0.572. The van der Waals surface area contributed by atoms with Crippen LogP contribution in [-0.2, 0) is 4.74 Å². The summed E-state index contributed by atoms with van der Waals surface area (Å²) < 4.78 is 4.25. The van der Waals surface area contributed by atoms with E-state index in [1.165, 1.54) is 12.8 Å². The third-order valence-electron chi connectivity index (χ3n) is 0.928. The topological polar surface area (TPSA) is 21.3 Å². The molecular weight excluding hydrogens is 114 g/mol. The van der Waals surface area contributed by atoms with Gasteiger partial charge in [-0.05, 0) is 19.0 Å². The van der Waals surface area contributed by atoms with E-state index in [0.29, 0.717) is 0 Å². The summed E-state index contributed by atoms with van der Waals surface area (Å²) in [6.07, 6.45) is 6.73. The fourth-order valence-electron chi connectivity index (χ4n) is 0.572. The molecule has 1 rings (SSSR count). The van der Waals surface area contributed by atoms with Gasteiger partial charge in [-0.3, -0.25) is 0 Å². The van der Waals surface area contributed by atoms with Crippen LogP contribution in [0.15, 0.2) is 12.3 Å². The Hall–Kier alpha value is -0.500. The summed E-state index contributed by atoms with van der Waals surface area (Å²) in [4.78, 5) is 0. The highest BCUT2D eigenvalue weighted by Crippen LogP contribution is 1.91. The molecule has 0 fully saturated rings. The van der Waals surface area contributed by atoms with Crippen molar-refractivity contribution in [2.75, 3.05) is 20.8 Å². The standard InChI is InChI=1S/C5H9N.C2H6O/c1-2-4-6-5-3-1;1-3-2/h2,4,6H,1,3,5H2;1-2H3. The maximum Gasteiger partial charge on any atom is 0.0351 e. The van der Waals surface area contributed by atoms with Crippen molar-refractivity contribution in [3.63, 3.8) is 0 Å². The van der Waals surface area contributed by atoms with Crippen LogP contribution in [0, 0.1) is 0 Å². The molecule has 0 aromatic carbocycles. The Balaban J connectivity index is 0.000000187. The molecule has 0 radical (unpaired) electrons. The first-order chi connectivity index (χ1) is 4.41. The first kappa shape index (κ1) is 8.50. The number of rotatable bonds is 0. The fraction of sp³-hybridized carbons (Fsp3) is 0.714. The van der Waals surface area contributed by atoms with Gasteiger partial charge in [0.25, 0.3) is 0 Å². The second-order valence-corrected chi connectivity index (χ2v) is 1.91. The van der Waals surface area contributed by atoms with Gasteiger partial charge in [-0.25, -0.2) is 0 Å². The number of hydrogen-bond acceptors (Lipinski definition) is 2. The molecule has 1 aliphatic rings. The van der Waals surface area contributed by atoms with Crippen molar-refractivity contribution in [2.45, 2.75) is 12.8 Å². The van der Waals surface area contributed by atoms with E-state index in [1.54, 1.807) is 14.2 Å². The summed E-state index contributed by atoms with van der Waals surface area (Å²) in [5, 5.41) is 3.10. The van der Waals surface area contributed by atoms with Crippen LogP contribution in [-0.4, -0.2) is 20.8 Å². The largest absolute Gasteiger partial charge is 0.391 e. The normalized spacial score (nSPS) is 15.3. The van der Waals surface area contributed by atoms with E-state index in [-0.39, 0.29) is 0 Å². The summed E-state index contributed by atoms with van der Waals surface area (Å²) in [5.74, 6) is 0. The van der Waals surface area contributed by atoms with Crippen LogP contribution < -0.4 is 5.32 Å². The Morgan fingerprint density at radius 3 is 2.22 bits per heavy atom. The van der Waals surface area contributed by atoms with Crippen LogP contribution >= 0.6 is 0 Å². The number of nitrogens with one attached hydrogen (secondary N) is 1. The Bertz CT molecular complexity index is 63.3. The van der Waals surface area contributed by atoms with Crippen LogP contribution in [0.2, 0.25) is 0 Å². The Morgan fingerprint density at radius 2 is 2.11 bits per heavy atom. The Kier molecular flexibility index (Phi) is 7.08. The summed E-state index contributed by atoms with van der Waals surface area (Å²) >= 11 is 0. The van der Waals surface area contributed by atoms with Gasteiger partial charge in [0.2, 0.25) is 0 Å². The van der Waals surface area contributed by atoms with Crippen LogP contribution in [0.4, 0.5) is 0 Å². The van der Waals surface area contributed by atoms with E-state index in [0.717, 1.165) is 6.54 Å². The third-order valence-corrected chi connectivity index (χ3v) is 0.928. The molecule has 0 bridgehead atoms. The minimum atomic E-state index is 1.16. The van der Waals surface area contributed by atoms with Crippen LogP contribution in [0.1, 0.15) is 12.8 Å². The first-order valence-corrected chi connectivity index (χ1v) is 3.20. The molecule has 0 amide bonds. The van der Waals surface area contributed by atoms with Crippen LogP contribution in [0.3, 0.4) is 0 Å². The minimum Gasteiger partial charge on any atom is -0.391 e. The lowest BCUT2D eigenvalue weighted by atomic mass is 10.2.